The van der Waals surface area contributed by atoms with Crippen molar-refractivity contribution in [3.8, 4) is 0 Å². The molecule has 0 aliphatic carbocycles. The molecule has 18 heavy (non-hydrogen) atoms. The lowest BCUT2D eigenvalue weighted by atomic mass is 10.2. The molecule has 0 atom stereocenters. The average Bonchev–Trinajstić information content (AvgIpc) is 2.40. The van der Waals surface area contributed by atoms with Gasteiger partial charge in [-0.15, -0.1) is 0 Å². The first-order chi connectivity index (χ1) is 8.21. The Morgan fingerprint density at radius 1 is 1.28 bits per heavy atom. The molecular weight excluding hydrogens is 258 g/mol. The van der Waals surface area contributed by atoms with Crippen LogP contribution in [-0.4, -0.2) is 50.6 Å². The minimum absolute atomic E-state index is 0.345. The van der Waals surface area contributed by atoms with Gasteiger partial charge in [-0.3, -0.25) is 0 Å². The minimum Gasteiger partial charge on any atom is -0.443 e. The number of amides is 1. The van der Waals surface area contributed by atoms with Crippen molar-refractivity contribution >= 4 is 16.3 Å². The Balaban J connectivity index is 2.60. The molecule has 8 heteroatoms. The predicted octanol–water partition coefficient (Wildman–Crippen LogP) is 0.0512. The van der Waals surface area contributed by atoms with E-state index in [-0.39, 0.29) is 0 Å². The maximum atomic E-state index is 11.9. The fraction of sp³-hybridized carbons (Fsp3) is 0.900. The molecule has 0 spiro atoms. The second kappa shape index (κ2) is 5.85. The van der Waals surface area contributed by atoms with Crippen LogP contribution in [0.15, 0.2) is 0 Å². The van der Waals surface area contributed by atoms with Crippen LogP contribution in [0, 0.1) is 0 Å². The van der Waals surface area contributed by atoms with Gasteiger partial charge >= 0.3 is 16.3 Å². The summed E-state index contributed by atoms with van der Waals surface area (Å²) in [5.74, 6) is 0. The topological polar surface area (TPSA) is 87.7 Å². The largest absolute Gasteiger partial charge is 0.443 e. The molecule has 7 nitrogen and oxygen atoms in total. The van der Waals surface area contributed by atoms with Gasteiger partial charge in [0.1, 0.15) is 5.60 Å². The normalized spacial score (nSPS) is 19.1. The summed E-state index contributed by atoms with van der Waals surface area (Å²) in [6, 6.07) is 0. The van der Waals surface area contributed by atoms with E-state index in [0.717, 1.165) is 13.0 Å². The van der Waals surface area contributed by atoms with E-state index >= 15 is 0 Å². The first-order valence-electron chi connectivity index (χ1n) is 5.92. The molecule has 0 saturated carbocycles. The Morgan fingerprint density at radius 3 is 2.56 bits per heavy atom. The maximum absolute atomic E-state index is 11.9. The summed E-state index contributed by atoms with van der Waals surface area (Å²) < 4.78 is 31.9. The van der Waals surface area contributed by atoms with E-state index < -0.39 is 21.9 Å². The van der Waals surface area contributed by atoms with Crippen LogP contribution < -0.4 is 10.0 Å². The maximum Gasteiger partial charge on any atom is 0.422 e. The lowest BCUT2D eigenvalue weighted by molar-refractivity contribution is 0.0567. The molecule has 0 aromatic heterocycles. The fourth-order valence-corrected chi connectivity index (χ4v) is 2.61. The van der Waals surface area contributed by atoms with Crippen molar-refractivity contribution in [3.63, 3.8) is 0 Å². The van der Waals surface area contributed by atoms with E-state index in [9.17, 15) is 13.2 Å². The van der Waals surface area contributed by atoms with Crippen molar-refractivity contribution in [2.24, 2.45) is 0 Å². The van der Waals surface area contributed by atoms with E-state index in [1.54, 1.807) is 20.8 Å². The summed E-state index contributed by atoms with van der Waals surface area (Å²) in [4.78, 5) is 11.4. The highest BCUT2D eigenvalue weighted by Crippen LogP contribution is 2.08. The zero-order valence-corrected chi connectivity index (χ0v) is 11.8. The van der Waals surface area contributed by atoms with Gasteiger partial charge in [0.15, 0.2) is 0 Å². The van der Waals surface area contributed by atoms with Gasteiger partial charge in [0, 0.05) is 19.6 Å². The summed E-state index contributed by atoms with van der Waals surface area (Å²) >= 11 is 0. The Hall–Kier alpha value is -0.860. The average molecular weight is 279 g/mol. The van der Waals surface area contributed by atoms with Crippen molar-refractivity contribution in [3.05, 3.63) is 0 Å². The van der Waals surface area contributed by atoms with Gasteiger partial charge in [0.05, 0.1) is 0 Å². The van der Waals surface area contributed by atoms with E-state index in [2.05, 4.69) is 5.32 Å². The van der Waals surface area contributed by atoms with E-state index in [0.29, 0.717) is 19.6 Å². The number of rotatable bonds is 2. The van der Waals surface area contributed by atoms with Crippen LogP contribution in [-0.2, 0) is 14.9 Å². The summed E-state index contributed by atoms with van der Waals surface area (Å²) in [5.41, 5.74) is -0.722. The molecule has 0 aromatic carbocycles. The Morgan fingerprint density at radius 2 is 1.94 bits per heavy atom. The first-order valence-corrected chi connectivity index (χ1v) is 7.36. The predicted molar refractivity (Wildman–Crippen MR) is 67.3 cm³/mol. The standard InChI is InChI=1S/C10H21N3O4S/c1-10(2,3)17-9(14)12-18(15,16)13-7-4-5-11-6-8-13/h11H,4-8H2,1-3H3,(H,12,14). The molecule has 0 radical (unpaired) electrons. The van der Waals surface area contributed by atoms with E-state index in [4.69, 9.17) is 4.74 Å². The van der Waals surface area contributed by atoms with Crippen molar-refractivity contribution < 1.29 is 17.9 Å². The summed E-state index contributed by atoms with van der Waals surface area (Å²) in [6.45, 7) is 7.12. The Labute approximate surface area is 108 Å². The van der Waals surface area contributed by atoms with E-state index in [1.165, 1.54) is 4.31 Å². The Bertz CT molecular complexity index is 380. The van der Waals surface area contributed by atoms with Crippen LogP contribution in [0.4, 0.5) is 4.79 Å². The second-order valence-corrected chi connectivity index (χ2v) is 6.78. The molecule has 0 bridgehead atoms. The van der Waals surface area contributed by atoms with Gasteiger partial charge in [-0.05, 0) is 33.7 Å². The van der Waals surface area contributed by atoms with Crippen molar-refractivity contribution in [1.82, 2.24) is 14.3 Å². The molecule has 0 aromatic rings. The van der Waals surface area contributed by atoms with Gasteiger partial charge in [0.2, 0.25) is 0 Å². The van der Waals surface area contributed by atoms with Crippen LogP contribution in [0.3, 0.4) is 0 Å². The molecule has 1 aliphatic rings. The van der Waals surface area contributed by atoms with Gasteiger partial charge < -0.3 is 10.1 Å². The fourth-order valence-electron chi connectivity index (χ4n) is 1.53. The van der Waals surface area contributed by atoms with Gasteiger partial charge in [-0.25, -0.2) is 9.52 Å². The monoisotopic (exact) mass is 279 g/mol. The van der Waals surface area contributed by atoms with Crippen LogP contribution in [0.2, 0.25) is 0 Å². The number of carbonyl (C=O) groups is 1. The molecule has 1 rings (SSSR count). The van der Waals surface area contributed by atoms with Crippen molar-refractivity contribution in [2.45, 2.75) is 32.8 Å². The molecule has 106 valence electrons. The van der Waals surface area contributed by atoms with Crippen LogP contribution in [0.5, 0.6) is 0 Å². The van der Waals surface area contributed by atoms with Crippen molar-refractivity contribution in [2.75, 3.05) is 26.2 Å². The van der Waals surface area contributed by atoms with E-state index in [1.807, 2.05) is 4.72 Å². The number of nitrogens with zero attached hydrogens (tertiary/aromatic N) is 1. The quantitative estimate of drug-likeness (QED) is 0.746. The van der Waals surface area contributed by atoms with Gasteiger partial charge in [-0.2, -0.15) is 12.7 Å². The highest BCUT2D eigenvalue weighted by Gasteiger charge is 2.27. The number of hydrogen-bond donors (Lipinski definition) is 2. The van der Waals surface area contributed by atoms with Gasteiger partial charge in [-0.1, -0.05) is 0 Å². The number of hydrogen-bond acceptors (Lipinski definition) is 5. The third-order valence-electron chi connectivity index (χ3n) is 2.25. The number of carbonyl (C=O) groups excluding carboxylic acids is 1. The lowest BCUT2D eigenvalue weighted by Gasteiger charge is -2.23. The van der Waals surface area contributed by atoms with Gasteiger partial charge in [0.25, 0.3) is 0 Å². The molecule has 2 N–H and O–H groups in total. The minimum atomic E-state index is -3.81. The molecule has 1 amide bonds. The highest BCUT2D eigenvalue weighted by atomic mass is 32.2. The molecule has 1 heterocycles. The van der Waals surface area contributed by atoms with Crippen LogP contribution >= 0.6 is 0 Å². The lowest BCUT2D eigenvalue weighted by Crippen LogP contribution is -2.46. The SMILES string of the molecule is CC(C)(C)OC(=O)NS(=O)(=O)N1CCCNCC1. The molecule has 1 fully saturated rings. The first kappa shape index (κ1) is 15.2. The van der Waals surface area contributed by atoms with Crippen molar-refractivity contribution in [1.29, 1.82) is 0 Å². The highest BCUT2D eigenvalue weighted by molar-refractivity contribution is 7.87. The smallest absolute Gasteiger partial charge is 0.422 e. The summed E-state index contributed by atoms with van der Waals surface area (Å²) in [6.07, 6.45) is -0.227. The van der Waals surface area contributed by atoms with Crippen LogP contribution in [0.25, 0.3) is 0 Å². The zero-order chi connectivity index (χ0) is 13.8. The summed E-state index contributed by atoms with van der Waals surface area (Å²) in [5, 5.41) is 3.09. The van der Waals surface area contributed by atoms with Crippen LogP contribution in [0.1, 0.15) is 27.2 Å². The Kier molecular flexibility index (Phi) is 4.94. The molecule has 0 unspecified atom stereocenters. The second-order valence-electron chi connectivity index (χ2n) is 5.11. The third-order valence-corrected chi connectivity index (χ3v) is 3.72. The molecule has 1 aliphatic heterocycles. The number of nitrogens with one attached hydrogen (secondary N) is 2. The third kappa shape index (κ3) is 5.19. The number of ether oxygens (including phenoxy) is 1. The zero-order valence-electron chi connectivity index (χ0n) is 11.0. The molecule has 1 saturated heterocycles. The summed E-state index contributed by atoms with van der Waals surface area (Å²) in [7, 11) is -3.81. The molecular formula is C10H21N3O4S.